The smallest absolute Gasteiger partial charge is 0.268 e. The van der Waals surface area contributed by atoms with Gasteiger partial charge in [0.1, 0.15) is 14.2 Å². The lowest BCUT2D eigenvalue weighted by Gasteiger charge is -2.18. The Morgan fingerprint density at radius 1 is 0.735 bits per heavy atom. The molecule has 0 radical (unpaired) electrons. The Bertz CT molecular complexity index is 1200. The molecule has 0 aliphatic heterocycles. The van der Waals surface area contributed by atoms with Crippen LogP contribution in [0.3, 0.4) is 0 Å². The molecule has 0 unspecified atom stereocenters. The van der Waals surface area contributed by atoms with E-state index in [1.54, 1.807) is 23.7 Å². The van der Waals surface area contributed by atoms with E-state index in [0.29, 0.717) is 10.0 Å². The SMILES string of the molecule is CO[n+]1ccc(NCCN(C)CCNc2cc[n+](OC)c3cc(Cl)ccc23)c2ccc(Cl)cc21. The van der Waals surface area contributed by atoms with Gasteiger partial charge in [-0.3, -0.25) is 9.68 Å². The van der Waals surface area contributed by atoms with Gasteiger partial charge in [-0.2, -0.15) is 0 Å². The maximum atomic E-state index is 6.18. The van der Waals surface area contributed by atoms with Crippen LogP contribution in [0.5, 0.6) is 0 Å². The van der Waals surface area contributed by atoms with Gasteiger partial charge < -0.3 is 15.5 Å². The highest BCUT2D eigenvalue weighted by molar-refractivity contribution is 6.31. The Balaban J connectivity index is 1.32. The normalized spacial score (nSPS) is 11.2. The summed E-state index contributed by atoms with van der Waals surface area (Å²) >= 11 is 12.4. The van der Waals surface area contributed by atoms with Crippen molar-refractivity contribution in [3.8, 4) is 0 Å². The molecule has 0 atom stereocenters. The van der Waals surface area contributed by atoms with Gasteiger partial charge in [-0.25, -0.2) is 0 Å². The number of anilines is 2. The van der Waals surface area contributed by atoms with Crippen LogP contribution in [0.1, 0.15) is 0 Å². The predicted octanol–water partition coefficient (Wildman–Crippen LogP) is 3.45. The van der Waals surface area contributed by atoms with Crippen LogP contribution in [0, 0.1) is 0 Å². The Labute approximate surface area is 209 Å². The first-order valence-electron chi connectivity index (χ1n) is 11.0. The molecule has 2 aromatic heterocycles. The monoisotopic (exact) mass is 501 g/mol. The van der Waals surface area contributed by atoms with Crippen molar-refractivity contribution in [2.75, 3.05) is 58.1 Å². The first-order valence-corrected chi connectivity index (χ1v) is 11.8. The third kappa shape index (κ3) is 5.38. The second kappa shape index (κ2) is 11.0. The zero-order chi connectivity index (χ0) is 24.1. The molecule has 9 heteroatoms. The van der Waals surface area contributed by atoms with E-state index in [1.807, 2.05) is 60.9 Å². The average Bonchev–Trinajstić information content (AvgIpc) is 2.83. The number of halogens is 2. The number of nitrogens with zero attached hydrogens (tertiary/aromatic N) is 3. The largest absolute Gasteiger partial charge is 0.383 e. The van der Waals surface area contributed by atoms with E-state index >= 15 is 0 Å². The number of hydrogen-bond donors (Lipinski definition) is 2. The fourth-order valence-electron chi connectivity index (χ4n) is 3.96. The van der Waals surface area contributed by atoms with Crippen molar-refractivity contribution in [1.82, 2.24) is 4.90 Å². The van der Waals surface area contributed by atoms with Crippen molar-refractivity contribution < 1.29 is 19.1 Å². The second-order valence-corrected chi connectivity index (χ2v) is 8.83. The summed E-state index contributed by atoms with van der Waals surface area (Å²) in [5, 5.41) is 10.5. The number of benzene rings is 2. The molecule has 4 rings (SSSR count). The zero-order valence-electron chi connectivity index (χ0n) is 19.5. The van der Waals surface area contributed by atoms with Gasteiger partial charge in [0.05, 0.1) is 22.1 Å². The number of likely N-dealkylation sites (N-methyl/N-ethyl adjacent to an activating group) is 1. The maximum absolute atomic E-state index is 6.18. The lowest BCUT2D eigenvalue weighted by atomic mass is 10.2. The minimum Gasteiger partial charge on any atom is -0.383 e. The molecule has 178 valence electrons. The van der Waals surface area contributed by atoms with Crippen molar-refractivity contribution >= 4 is 56.4 Å². The second-order valence-electron chi connectivity index (χ2n) is 7.96. The van der Waals surface area contributed by atoms with Crippen LogP contribution in [0.25, 0.3) is 21.8 Å². The summed E-state index contributed by atoms with van der Waals surface area (Å²) in [7, 11) is 5.39. The summed E-state index contributed by atoms with van der Waals surface area (Å²) in [4.78, 5) is 13.1. The standard InChI is InChI=1S/C25H27Cl2N5O2/c1-30(14-10-28-22-8-12-31(33-2)24-16-18(26)4-6-20(22)24)15-11-29-23-9-13-32(34-3)25-17-19(27)5-7-21(23)25/h4-9,12-13,16-17H,10-11,14-15H2,1-3H3/p+2. The quantitative estimate of drug-likeness (QED) is 0.326. The number of hydrogen-bond acceptors (Lipinski definition) is 5. The topological polar surface area (TPSA) is 53.5 Å². The zero-order valence-corrected chi connectivity index (χ0v) is 21.0. The molecule has 4 aromatic rings. The average molecular weight is 502 g/mol. The Morgan fingerprint density at radius 2 is 1.18 bits per heavy atom. The van der Waals surface area contributed by atoms with E-state index in [1.165, 1.54) is 0 Å². The Morgan fingerprint density at radius 3 is 1.59 bits per heavy atom. The minimum atomic E-state index is 0.675. The van der Waals surface area contributed by atoms with E-state index in [2.05, 4.69) is 22.6 Å². The van der Waals surface area contributed by atoms with Crippen molar-refractivity contribution in [3.63, 3.8) is 0 Å². The number of rotatable bonds is 10. The van der Waals surface area contributed by atoms with Crippen LogP contribution in [-0.4, -0.2) is 52.3 Å². The van der Waals surface area contributed by atoms with Crippen LogP contribution in [0.4, 0.5) is 11.4 Å². The first-order chi connectivity index (χ1) is 16.5. The van der Waals surface area contributed by atoms with Gasteiger partial charge in [0.25, 0.3) is 11.0 Å². The summed E-state index contributed by atoms with van der Waals surface area (Å²) in [6.45, 7) is 3.41. The fraction of sp³-hybridized carbons (Fsp3) is 0.280. The highest BCUT2D eigenvalue weighted by Crippen LogP contribution is 2.24. The third-order valence-corrected chi connectivity index (χ3v) is 6.21. The molecule has 7 nitrogen and oxygen atoms in total. The summed E-state index contributed by atoms with van der Waals surface area (Å²) in [6, 6.07) is 15.6. The summed E-state index contributed by atoms with van der Waals surface area (Å²) in [5.74, 6) is 0. The number of fused-ring (bicyclic) bond motifs is 2. The highest BCUT2D eigenvalue weighted by Gasteiger charge is 2.15. The van der Waals surface area contributed by atoms with E-state index in [4.69, 9.17) is 32.9 Å². The minimum absolute atomic E-state index is 0.675. The molecule has 0 saturated heterocycles. The summed E-state index contributed by atoms with van der Waals surface area (Å²) in [6.07, 6.45) is 3.78. The van der Waals surface area contributed by atoms with Gasteiger partial charge in [0, 0.05) is 70.0 Å². The molecule has 2 N–H and O–H groups in total. The van der Waals surface area contributed by atoms with Gasteiger partial charge >= 0.3 is 0 Å². The van der Waals surface area contributed by atoms with Crippen molar-refractivity contribution in [3.05, 3.63) is 71.0 Å². The predicted molar refractivity (Wildman–Crippen MR) is 138 cm³/mol. The molecule has 0 aliphatic rings. The van der Waals surface area contributed by atoms with E-state index < -0.39 is 0 Å². The molecule has 0 fully saturated rings. The molecular formula is C25H29Cl2N5O2+2. The summed E-state index contributed by atoms with van der Waals surface area (Å²) in [5.41, 5.74) is 3.94. The van der Waals surface area contributed by atoms with Gasteiger partial charge in [-0.05, 0) is 31.3 Å². The molecule has 0 spiro atoms. The third-order valence-electron chi connectivity index (χ3n) is 5.74. The lowest BCUT2D eigenvalue weighted by Crippen LogP contribution is -2.41. The Kier molecular flexibility index (Phi) is 7.77. The van der Waals surface area contributed by atoms with Crippen LogP contribution >= 0.6 is 23.2 Å². The van der Waals surface area contributed by atoms with Gasteiger partial charge in [0.2, 0.25) is 12.4 Å². The first kappa shape index (κ1) is 24.1. The van der Waals surface area contributed by atoms with E-state index in [9.17, 15) is 0 Å². The van der Waals surface area contributed by atoms with E-state index in [0.717, 1.165) is 59.4 Å². The van der Waals surface area contributed by atoms with Crippen LogP contribution in [-0.2, 0) is 0 Å². The molecule has 34 heavy (non-hydrogen) atoms. The van der Waals surface area contributed by atoms with Crippen molar-refractivity contribution in [2.24, 2.45) is 0 Å². The fourth-order valence-corrected chi connectivity index (χ4v) is 4.29. The number of aromatic nitrogens is 2. The lowest BCUT2D eigenvalue weighted by molar-refractivity contribution is -0.865. The molecular weight excluding hydrogens is 473 g/mol. The van der Waals surface area contributed by atoms with Gasteiger partial charge in [-0.1, -0.05) is 23.2 Å². The number of nitrogens with one attached hydrogen (secondary N) is 2. The van der Waals surface area contributed by atoms with Crippen LogP contribution in [0.15, 0.2) is 60.9 Å². The van der Waals surface area contributed by atoms with Gasteiger partial charge in [-0.15, -0.1) is 0 Å². The molecule has 0 amide bonds. The Hall–Kier alpha value is -3.00. The van der Waals surface area contributed by atoms with Crippen LogP contribution in [0.2, 0.25) is 10.0 Å². The van der Waals surface area contributed by atoms with E-state index in [-0.39, 0.29) is 0 Å². The van der Waals surface area contributed by atoms with Crippen LogP contribution < -0.4 is 29.8 Å². The van der Waals surface area contributed by atoms with Crippen molar-refractivity contribution in [1.29, 1.82) is 0 Å². The molecule has 2 heterocycles. The molecule has 0 aliphatic carbocycles. The summed E-state index contributed by atoms with van der Waals surface area (Å²) < 4.78 is 3.42. The highest BCUT2D eigenvalue weighted by atomic mass is 35.5. The molecule has 2 aromatic carbocycles. The molecule has 0 bridgehead atoms. The number of pyridine rings is 2. The van der Waals surface area contributed by atoms with Gasteiger partial charge in [0.15, 0.2) is 0 Å². The molecule has 0 saturated carbocycles. The van der Waals surface area contributed by atoms with Crippen molar-refractivity contribution in [2.45, 2.75) is 0 Å². The maximum Gasteiger partial charge on any atom is 0.268 e.